The van der Waals surface area contributed by atoms with E-state index in [0.717, 1.165) is 42.8 Å². The van der Waals surface area contributed by atoms with Gasteiger partial charge in [-0.3, -0.25) is 13.3 Å². The molecule has 1 aromatic carbocycles. The van der Waals surface area contributed by atoms with E-state index in [1.807, 2.05) is 0 Å². The molecule has 0 heterocycles. The molecular formula is C20H21N4O3S-. The number of para-hydroxylation sites is 1. The summed E-state index contributed by atoms with van der Waals surface area (Å²) in [6.07, 6.45) is 5.51. The summed E-state index contributed by atoms with van der Waals surface area (Å²) in [5, 5.41) is 22.0. The van der Waals surface area contributed by atoms with Crippen molar-refractivity contribution in [1.29, 1.82) is 10.5 Å². The van der Waals surface area contributed by atoms with E-state index in [1.54, 1.807) is 24.3 Å². The van der Waals surface area contributed by atoms with Gasteiger partial charge in [0.1, 0.15) is 5.54 Å². The number of nitrogens with one attached hydrogen (secondary N) is 1. The third kappa shape index (κ3) is 2.97. The fourth-order valence-corrected chi connectivity index (χ4v) is 5.45. The Hall–Kier alpha value is -2.42. The number of rotatable bonds is 5. The first-order chi connectivity index (χ1) is 13.4. The van der Waals surface area contributed by atoms with Gasteiger partial charge in [-0.15, -0.1) is 0 Å². The number of nitrogens with zero attached hydrogens (tertiary/aromatic N) is 3. The first-order valence-electron chi connectivity index (χ1n) is 9.52. The molecule has 2 bridgehead atoms. The van der Waals surface area contributed by atoms with Gasteiger partial charge in [-0.05, 0) is 63.5 Å². The predicted molar refractivity (Wildman–Crippen MR) is 101 cm³/mol. The fourth-order valence-electron chi connectivity index (χ4n) is 4.62. The van der Waals surface area contributed by atoms with Crippen molar-refractivity contribution in [3.05, 3.63) is 29.8 Å². The second kappa shape index (κ2) is 6.58. The normalized spacial score (nSPS) is 30.5. The van der Waals surface area contributed by atoms with Crippen LogP contribution in [0.3, 0.4) is 0 Å². The minimum Gasteiger partial charge on any atom is -0.755 e. The number of amides is 1. The van der Waals surface area contributed by atoms with Gasteiger partial charge in [0.15, 0.2) is 0 Å². The largest absolute Gasteiger partial charge is 0.755 e. The lowest BCUT2D eigenvalue weighted by Gasteiger charge is -2.50. The lowest BCUT2D eigenvalue weighted by atomic mass is 9.58. The van der Waals surface area contributed by atoms with Gasteiger partial charge in [-0.1, -0.05) is 12.1 Å². The van der Waals surface area contributed by atoms with Gasteiger partial charge in [0.05, 0.1) is 28.8 Å². The summed E-state index contributed by atoms with van der Waals surface area (Å²) < 4.78 is 24.9. The second-order valence-electron chi connectivity index (χ2n) is 8.30. The van der Waals surface area contributed by atoms with E-state index < -0.39 is 16.8 Å². The van der Waals surface area contributed by atoms with Crippen LogP contribution >= 0.6 is 0 Å². The van der Waals surface area contributed by atoms with Crippen LogP contribution < -0.4 is 9.62 Å². The molecule has 0 aromatic heterocycles. The quantitative estimate of drug-likeness (QED) is 0.766. The SMILES string of the molecule is N#CC12CCC(NC(=O)c3ccccc3N(S(=O)[O-])C3(C#N)CC3)(CC1)CC2. The molecular weight excluding hydrogens is 376 g/mol. The highest BCUT2D eigenvalue weighted by Crippen LogP contribution is 2.52. The van der Waals surface area contributed by atoms with Crippen LogP contribution in [0.5, 0.6) is 0 Å². The monoisotopic (exact) mass is 397 g/mol. The van der Waals surface area contributed by atoms with Gasteiger partial charge in [0.2, 0.25) is 0 Å². The summed E-state index contributed by atoms with van der Waals surface area (Å²) in [5.74, 6) is -0.328. The minimum atomic E-state index is -2.66. The number of fused-ring (bicyclic) bond motifs is 3. The van der Waals surface area contributed by atoms with Crippen LogP contribution in [0.25, 0.3) is 0 Å². The molecule has 5 rings (SSSR count). The van der Waals surface area contributed by atoms with Crippen molar-refractivity contribution in [3.63, 3.8) is 0 Å². The highest BCUT2D eigenvalue weighted by Gasteiger charge is 2.52. The van der Waals surface area contributed by atoms with Crippen molar-refractivity contribution in [3.8, 4) is 12.1 Å². The van der Waals surface area contributed by atoms with E-state index in [2.05, 4.69) is 17.5 Å². The molecule has 7 nitrogen and oxygen atoms in total. The van der Waals surface area contributed by atoms with Crippen LogP contribution in [0.15, 0.2) is 24.3 Å². The van der Waals surface area contributed by atoms with Crippen LogP contribution in [0.1, 0.15) is 61.7 Å². The van der Waals surface area contributed by atoms with Crippen molar-refractivity contribution in [1.82, 2.24) is 5.32 Å². The number of benzene rings is 1. The van der Waals surface area contributed by atoms with Crippen molar-refractivity contribution < 1.29 is 13.6 Å². The number of anilines is 1. The third-order valence-corrected chi connectivity index (χ3v) is 7.54. The van der Waals surface area contributed by atoms with E-state index in [0.29, 0.717) is 12.8 Å². The highest BCUT2D eigenvalue weighted by atomic mass is 32.2. The number of hydrogen-bond donors (Lipinski definition) is 1. The molecule has 0 spiro atoms. The fraction of sp³-hybridized carbons (Fsp3) is 0.550. The predicted octanol–water partition coefficient (Wildman–Crippen LogP) is 2.69. The Balaban J connectivity index is 1.61. The number of hydrogen-bond acceptors (Lipinski definition) is 5. The van der Waals surface area contributed by atoms with Crippen LogP contribution in [0, 0.1) is 28.1 Å². The van der Waals surface area contributed by atoms with Gasteiger partial charge in [-0.2, -0.15) is 10.5 Å². The van der Waals surface area contributed by atoms with E-state index >= 15 is 0 Å². The Kier molecular flexibility index (Phi) is 4.45. The molecule has 0 aliphatic heterocycles. The summed E-state index contributed by atoms with van der Waals surface area (Å²) in [5.41, 5.74) is -1.18. The molecule has 4 saturated carbocycles. The Morgan fingerprint density at radius 2 is 1.64 bits per heavy atom. The van der Waals surface area contributed by atoms with Gasteiger partial charge < -0.3 is 9.87 Å². The lowest BCUT2D eigenvalue weighted by molar-refractivity contribution is 0.0521. The first-order valence-corrected chi connectivity index (χ1v) is 10.6. The zero-order valence-corrected chi connectivity index (χ0v) is 16.3. The standard InChI is InChI=1S/C20H22N4O3S/c21-13-18-5-8-19(9-6-18,10-7-18)23-17(25)15-3-1-2-4-16(15)24(28(26)27)20(14-22)11-12-20/h1-4H,5-12H2,(H,23,25)(H,26,27)/p-1. The van der Waals surface area contributed by atoms with Crippen LogP contribution in [0.4, 0.5) is 5.69 Å². The zero-order valence-electron chi connectivity index (χ0n) is 15.4. The summed E-state index contributed by atoms with van der Waals surface area (Å²) in [7, 11) is 0. The average Bonchev–Trinajstić information content (AvgIpc) is 3.50. The molecule has 1 N–H and O–H groups in total. The van der Waals surface area contributed by atoms with Crippen LogP contribution in [-0.2, 0) is 11.3 Å². The van der Waals surface area contributed by atoms with Crippen molar-refractivity contribution in [2.45, 2.75) is 62.4 Å². The third-order valence-electron chi connectivity index (χ3n) is 6.70. The summed E-state index contributed by atoms with van der Waals surface area (Å²) in [6.45, 7) is 0. The Morgan fingerprint density at radius 1 is 1.04 bits per heavy atom. The average molecular weight is 397 g/mol. The van der Waals surface area contributed by atoms with Crippen molar-refractivity contribution in [2.75, 3.05) is 4.31 Å². The van der Waals surface area contributed by atoms with Crippen molar-refractivity contribution >= 4 is 22.9 Å². The Morgan fingerprint density at radius 3 is 2.14 bits per heavy atom. The number of carbonyl (C=O) groups is 1. The maximum absolute atomic E-state index is 13.1. The molecule has 0 saturated heterocycles. The van der Waals surface area contributed by atoms with Crippen LogP contribution in [0.2, 0.25) is 0 Å². The topological polar surface area (TPSA) is 120 Å². The lowest BCUT2D eigenvalue weighted by Crippen LogP contribution is -2.56. The molecule has 1 atom stereocenters. The van der Waals surface area contributed by atoms with E-state index in [1.165, 1.54) is 0 Å². The molecule has 1 aromatic rings. The minimum absolute atomic E-state index is 0.238. The van der Waals surface area contributed by atoms with E-state index in [9.17, 15) is 24.1 Å². The molecule has 4 fully saturated rings. The summed E-state index contributed by atoms with van der Waals surface area (Å²) >= 11 is -2.66. The van der Waals surface area contributed by atoms with Gasteiger partial charge in [-0.25, -0.2) is 0 Å². The molecule has 4 aliphatic carbocycles. The van der Waals surface area contributed by atoms with Gasteiger partial charge in [0.25, 0.3) is 5.91 Å². The second-order valence-corrected chi connectivity index (χ2v) is 9.10. The Bertz CT molecular complexity index is 904. The van der Waals surface area contributed by atoms with Gasteiger partial charge >= 0.3 is 0 Å². The molecule has 4 aliphatic rings. The molecule has 8 heteroatoms. The first kappa shape index (κ1) is 18.9. The molecule has 28 heavy (non-hydrogen) atoms. The Labute approximate surface area is 166 Å². The molecule has 0 radical (unpaired) electrons. The highest BCUT2D eigenvalue weighted by molar-refractivity contribution is 7.80. The van der Waals surface area contributed by atoms with Gasteiger partial charge in [0, 0.05) is 16.8 Å². The number of nitriles is 2. The van der Waals surface area contributed by atoms with E-state index in [4.69, 9.17) is 0 Å². The zero-order chi connectivity index (χ0) is 20.0. The smallest absolute Gasteiger partial charge is 0.253 e. The molecule has 1 unspecified atom stereocenters. The van der Waals surface area contributed by atoms with Crippen LogP contribution in [-0.4, -0.2) is 25.7 Å². The maximum atomic E-state index is 13.1. The summed E-state index contributed by atoms with van der Waals surface area (Å²) in [6, 6.07) is 11.1. The van der Waals surface area contributed by atoms with Crippen molar-refractivity contribution in [2.24, 2.45) is 5.41 Å². The van der Waals surface area contributed by atoms with E-state index in [-0.39, 0.29) is 28.1 Å². The number of carbonyl (C=O) groups excluding carboxylic acids is 1. The molecule has 146 valence electrons. The summed E-state index contributed by atoms with van der Waals surface area (Å²) in [4.78, 5) is 13.1. The molecule has 1 amide bonds. The maximum Gasteiger partial charge on any atom is 0.253 e.